The maximum atomic E-state index is 13.0. The van der Waals surface area contributed by atoms with Gasteiger partial charge < -0.3 is 14.5 Å². The third-order valence-corrected chi connectivity index (χ3v) is 6.79. The maximum Gasteiger partial charge on any atom is 0.416 e. The topological polar surface area (TPSA) is 28.6 Å². The van der Waals surface area contributed by atoms with Gasteiger partial charge in [0.25, 0.3) is 0 Å². The molecule has 166 valence electrons. The lowest BCUT2D eigenvalue weighted by atomic mass is 10.1. The third kappa shape index (κ3) is 4.25. The van der Waals surface area contributed by atoms with Crippen molar-refractivity contribution in [3.8, 4) is 5.75 Å². The highest BCUT2D eigenvalue weighted by atomic mass is 32.1. The van der Waals surface area contributed by atoms with E-state index in [-0.39, 0.29) is 6.61 Å². The van der Waals surface area contributed by atoms with Crippen molar-refractivity contribution in [3.05, 3.63) is 65.2 Å². The number of piperazine rings is 1. The predicted octanol–water partition coefficient (Wildman–Crippen LogP) is 5.80. The first kappa shape index (κ1) is 21.0. The second-order valence-corrected chi connectivity index (χ2v) is 9.14. The van der Waals surface area contributed by atoms with E-state index >= 15 is 0 Å². The first-order valence-corrected chi connectivity index (χ1v) is 11.2. The molecule has 2 heterocycles. The zero-order valence-electron chi connectivity index (χ0n) is 17.5. The summed E-state index contributed by atoms with van der Waals surface area (Å²) in [7, 11) is 2.14. The second-order valence-electron chi connectivity index (χ2n) is 8.03. The Hall–Kier alpha value is -2.84. The number of nitrogens with zero attached hydrogens (tertiary/aromatic N) is 3. The third-order valence-electron chi connectivity index (χ3n) is 5.80. The fraction of sp³-hybridized carbons (Fsp3) is 0.292. The minimum Gasteiger partial charge on any atom is -0.486 e. The molecule has 4 aromatic rings. The average Bonchev–Trinajstić information content (AvgIpc) is 3.19. The fourth-order valence-corrected chi connectivity index (χ4v) is 4.92. The molecule has 0 radical (unpaired) electrons. The summed E-state index contributed by atoms with van der Waals surface area (Å²) >= 11 is 1.23. The van der Waals surface area contributed by atoms with E-state index in [4.69, 9.17) is 4.74 Å². The van der Waals surface area contributed by atoms with Crippen molar-refractivity contribution in [2.24, 2.45) is 0 Å². The predicted molar refractivity (Wildman–Crippen MR) is 123 cm³/mol. The zero-order chi connectivity index (χ0) is 22.3. The van der Waals surface area contributed by atoms with Gasteiger partial charge in [-0.05, 0) is 48.8 Å². The van der Waals surface area contributed by atoms with Crippen LogP contribution in [0.5, 0.6) is 5.75 Å². The minimum atomic E-state index is -4.36. The Bertz CT molecular complexity index is 1260. The van der Waals surface area contributed by atoms with Crippen molar-refractivity contribution in [3.63, 3.8) is 0 Å². The number of rotatable bonds is 4. The number of fused-ring (bicyclic) bond motifs is 2. The van der Waals surface area contributed by atoms with E-state index in [0.717, 1.165) is 49.1 Å². The molecule has 0 atom stereocenters. The molecule has 0 aliphatic carbocycles. The van der Waals surface area contributed by atoms with E-state index in [0.29, 0.717) is 21.0 Å². The van der Waals surface area contributed by atoms with Crippen LogP contribution in [-0.4, -0.2) is 43.1 Å². The van der Waals surface area contributed by atoms with Crippen molar-refractivity contribution >= 4 is 38.0 Å². The first-order valence-electron chi connectivity index (χ1n) is 10.4. The van der Waals surface area contributed by atoms with E-state index in [9.17, 15) is 13.2 Å². The van der Waals surface area contributed by atoms with Gasteiger partial charge in [0, 0.05) is 37.3 Å². The van der Waals surface area contributed by atoms with Gasteiger partial charge in [0.2, 0.25) is 0 Å². The van der Waals surface area contributed by atoms with Crippen LogP contribution in [0.3, 0.4) is 0 Å². The monoisotopic (exact) mass is 457 g/mol. The van der Waals surface area contributed by atoms with Gasteiger partial charge in [-0.2, -0.15) is 13.2 Å². The van der Waals surface area contributed by atoms with Crippen LogP contribution in [0, 0.1) is 0 Å². The molecule has 1 saturated heterocycles. The van der Waals surface area contributed by atoms with Crippen LogP contribution in [0.2, 0.25) is 0 Å². The van der Waals surface area contributed by atoms with Gasteiger partial charge in [-0.1, -0.05) is 18.2 Å². The van der Waals surface area contributed by atoms with Gasteiger partial charge in [-0.15, -0.1) is 11.3 Å². The number of benzene rings is 3. The standard InChI is InChI=1S/C24H22F3N3OS/c1-29-9-11-30(12-10-29)21-4-2-3-16-5-7-18(14-19(16)21)31-15-23-28-20-8-6-17(24(25,26)27)13-22(20)32-23/h2-8,13-14H,9-12,15H2,1H3. The number of aromatic nitrogens is 1. The number of ether oxygens (including phenoxy) is 1. The number of hydrogen-bond donors (Lipinski definition) is 0. The number of halogens is 3. The van der Waals surface area contributed by atoms with Crippen LogP contribution >= 0.6 is 11.3 Å². The summed E-state index contributed by atoms with van der Waals surface area (Å²) in [5.41, 5.74) is 1.09. The van der Waals surface area contributed by atoms with Gasteiger partial charge in [-0.3, -0.25) is 0 Å². The average molecular weight is 458 g/mol. The summed E-state index contributed by atoms with van der Waals surface area (Å²) in [6, 6.07) is 15.9. The SMILES string of the molecule is CN1CCN(c2cccc3ccc(OCc4nc5ccc(C(F)(F)F)cc5s4)cc23)CC1. The summed E-state index contributed by atoms with van der Waals surface area (Å²) in [6.07, 6.45) is -4.36. The molecule has 32 heavy (non-hydrogen) atoms. The van der Waals surface area contributed by atoms with E-state index < -0.39 is 11.7 Å². The van der Waals surface area contributed by atoms with E-state index in [1.165, 1.54) is 23.1 Å². The smallest absolute Gasteiger partial charge is 0.416 e. The summed E-state index contributed by atoms with van der Waals surface area (Å²) in [5, 5.41) is 2.92. The number of hydrogen-bond acceptors (Lipinski definition) is 5. The molecular formula is C24H22F3N3OS. The van der Waals surface area contributed by atoms with Crippen LogP contribution in [0.4, 0.5) is 18.9 Å². The largest absolute Gasteiger partial charge is 0.486 e. The molecular weight excluding hydrogens is 435 g/mol. The van der Waals surface area contributed by atoms with Crippen LogP contribution in [0.1, 0.15) is 10.6 Å². The molecule has 0 saturated carbocycles. The Balaban J connectivity index is 1.37. The van der Waals surface area contributed by atoms with Gasteiger partial charge in [0.1, 0.15) is 17.4 Å². The van der Waals surface area contributed by atoms with Crippen molar-refractivity contribution in [1.82, 2.24) is 9.88 Å². The Kier molecular flexibility index (Phi) is 5.43. The lowest BCUT2D eigenvalue weighted by Crippen LogP contribution is -2.44. The van der Waals surface area contributed by atoms with Gasteiger partial charge >= 0.3 is 6.18 Å². The van der Waals surface area contributed by atoms with E-state index in [1.807, 2.05) is 18.2 Å². The van der Waals surface area contributed by atoms with Crippen molar-refractivity contribution in [1.29, 1.82) is 0 Å². The molecule has 1 fully saturated rings. The van der Waals surface area contributed by atoms with Gasteiger partial charge in [0.15, 0.2) is 0 Å². The van der Waals surface area contributed by atoms with Crippen LogP contribution in [0.25, 0.3) is 21.0 Å². The van der Waals surface area contributed by atoms with Crippen molar-refractivity contribution in [2.75, 3.05) is 38.1 Å². The molecule has 5 rings (SSSR count). The molecule has 4 nitrogen and oxygen atoms in total. The minimum absolute atomic E-state index is 0.211. The lowest BCUT2D eigenvalue weighted by Gasteiger charge is -2.34. The molecule has 0 bridgehead atoms. The van der Waals surface area contributed by atoms with Crippen molar-refractivity contribution < 1.29 is 17.9 Å². The fourth-order valence-electron chi connectivity index (χ4n) is 4.00. The first-order chi connectivity index (χ1) is 15.4. The molecule has 0 N–H and O–H groups in total. The number of thiazole rings is 1. The highest BCUT2D eigenvalue weighted by molar-refractivity contribution is 7.18. The van der Waals surface area contributed by atoms with E-state index in [2.05, 4.69) is 40.0 Å². The van der Waals surface area contributed by atoms with Crippen LogP contribution in [0.15, 0.2) is 54.6 Å². The highest BCUT2D eigenvalue weighted by Gasteiger charge is 2.30. The molecule has 8 heteroatoms. The van der Waals surface area contributed by atoms with Crippen LogP contribution in [-0.2, 0) is 12.8 Å². The number of alkyl halides is 3. The Morgan fingerprint density at radius 2 is 1.81 bits per heavy atom. The molecule has 3 aromatic carbocycles. The summed E-state index contributed by atoms with van der Waals surface area (Å²) in [4.78, 5) is 9.15. The highest BCUT2D eigenvalue weighted by Crippen LogP contribution is 2.34. The molecule has 0 spiro atoms. The quantitative estimate of drug-likeness (QED) is 0.387. The molecule has 0 unspecified atom stereocenters. The summed E-state index contributed by atoms with van der Waals surface area (Å²) in [6.45, 7) is 4.22. The normalized spacial score (nSPS) is 15.6. The second kappa shape index (κ2) is 8.26. The Morgan fingerprint density at radius 3 is 2.59 bits per heavy atom. The summed E-state index contributed by atoms with van der Waals surface area (Å²) < 4.78 is 45.4. The molecule has 1 aromatic heterocycles. The Morgan fingerprint density at radius 1 is 1.00 bits per heavy atom. The molecule has 0 amide bonds. The molecule has 1 aliphatic heterocycles. The van der Waals surface area contributed by atoms with Crippen molar-refractivity contribution in [2.45, 2.75) is 12.8 Å². The van der Waals surface area contributed by atoms with Gasteiger partial charge in [-0.25, -0.2) is 4.98 Å². The number of anilines is 1. The summed E-state index contributed by atoms with van der Waals surface area (Å²) in [5.74, 6) is 0.717. The lowest BCUT2D eigenvalue weighted by molar-refractivity contribution is -0.137. The van der Waals surface area contributed by atoms with E-state index in [1.54, 1.807) is 0 Å². The molecule has 1 aliphatic rings. The number of likely N-dealkylation sites (N-methyl/N-ethyl adjacent to an activating group) is 1. The maximum absolute atomic E-state index is 13.0. The van der Waals surface area contributed by atoms with Crippen LogP contribution < -0.4 is 9.64 Å². The van der Waals surface area contributed by atoms with Gasteiger partial charge in [0.05, 0.1) is 15.8 Å². The Labute approximate surface area is 187 Å². The zero-order valence-corrected chi connectivity index (χ0v) is 18.3.